The van der Waals surface area contributed by atoms with E-state index >= 15 is 0 Å². The van der Waals surface area contributed by atoms with Crippen LogP contribution in [0.2, 0.25) is 0 Å². The molecule has 0 saturated carbocycles. The fraction of sp³-hybridized carbons (Fsp3) is 0.600. The molecule has 1 nitrogen and oxygen atoms in total. The molecule has 60 valence electrons. The van der Waals surface area contributed by atoms with Gasteiger partial charge in [-0.2, -0.15) is 34.8 Å². The van der Waals surface area contributed by atoms with E-state index in [-0.39, 0.29) is 0 Å². The predicted octanol–water partition coefficient (Wildman–Crippen LogP) is 1.92. The minimum atomic E-state index is 0.625. The molecular weight excluding hydrogens is 192 g/mol. The van der Waals surface area contributed by atoms with E-state index in [4.69, 9.17) is 0 Å². The molecule has 0 saturated heterocycles. The summed E-state index contributed by atoms with van der Waals surface area (Å²) >= 11 is 5.77. The van der Waals surface area contributed by atoms with Gasteiger partial charge >= 0.3 is 0 Å². The monoisotopic (exact) mass is 203 g/mol. The molecule has 0 aliphatic carbocycles. The SMILES string of the molecule is CSB(B1SC=CS1)N(C)C. The van der Waals surface area contributed by atoms with Gasteiger partial charge in [0.15, 0.2) is 0 Å². The molecule has 11 heavy (non-hydrogen) atoms. The molecule has 0 fully saturated rings. The van der Waals surface area contributed by atoms with Crippen molar-refractivity contribution in [2.75, 3.05) is 20.4 Å². The molecule has 0 atom stereocenters. The lowest BCUT2D eigenvalue weighted by atomic mass is 9.60. The van der Waals surface area contributed by atoms with Crippen molar-refractivity contribution >= 4 is 46.0 Å². The summed E-state index contributed by atoms with van der Waals surface area (Å²) in [6, 6.07) is 0.625. The summed E-state index contributed by atoms with van der Waals surface area (Å²) in [6.45, 7) is 0. The standard InChI is InChI=1S/C5H11B2NS3/c1-8(2)6(9-3)7-10-4-5-11-7/h4-5H,1-3H3. The first-order valence-corrected chi connectivity index (χ1v) is 6.58. The Hall–Kier alpha value is 0.880. The number of nitrogens with zero attached hydrogens (tertiary/aromatic N) is 1. The Bertz CT molecular complexity index is 145. The van der Waals surface area contributed by atoms with Gasteiger partial charge < -0.3 is 4.81 Å². The zero-order chi connectivity index (χ0) is 8.27. The second kappa shape index (κ2) is 4.80. The summed E-state index contributed by atoms with van der Waals surface area (Å²) in [5.74, 6) is 0. The third-order valence-corrected chi connectivity index (χ3v) is 5.46. The third kappa shape index (κ3) is 2.68. The van der Waals surface area contributed by atoms with Crippen LogP contribution in [0.15, 0.2) is 10.8 Å². The van der Waals surface area contributed by atoms with E-state index in [1.807, 2.05) is 34.8 Å². The van der Waals surface area contributed by atoms with Crippen LogP contribution < -0.4 is 0 Å². The summed E-state index contributed by atoms with van der Waals surface area (Å²) in [5, 5.41) is 5.05. The van der Waals surface area contributed by atoms with Crippen LogP contribution in [0.3, 0.4) is 0 Å². The molecule has 0 unspecified atom stereocenters. The van der Waals surface area contributed by atoms with Crippen LogP contribution in [0.4, 0.5) is 0 Å². The third-order valence-electron chi connectivity index (χ3n) is 1.46. The smallest absolute Gasteiger partial charge is 0.285 e. The summed E-state index contributed by atoms with van der Waals surface area (Å²) in [6.07, 6.45) is 2.17. The minimum Gasteiger partial charge on any atom is -0.343 e. The van der Waals surface area contributed by atoms with E-state index in [0.29, 0.717) is 11.2 Å². The quantitative estimate of drug-likeness (QED) is 0.644. The van der Waals surface area contributed by atoms with Gasteiger partial charge in [0.2, 0.25) is 0 Å². The highest BCUT2D eigenvalue weighted by Crippen LogP contribution is 2.34. The molecule has 0 aromatic carbocycles. The van der Waals surface area contributed by atoms with Gasteiger partial charge in [-0.25, -0.2) is 0 Å². The Morgan fingerprint density at radius 1 is 1.36 bits per heavy atom. The van der Waals surface area contributed by atoms with Crippen molar-refractivity contribution in [3.8, 4) is 0 Å². The van der Waals surface area contributed by atoms with Crippen molar-refractivity contribution in [2.24, 2.45) is 0 Å². The zero-order valence-corrected chi connectivity index (χ0v) is 9.43. The highest BCUT2D eigenvalue weighted by atomic mass is 32.2. The van der Waals surface area contributed by atoms with Crippen LogP contribution in [0, 0.1) is 0 Å². The maximum atomic E-state index is 2.28. The van der Waals surface area contributed by atoms with Crippen LogP contribution in [-0.4, -0.2) is 36.3 Å². The van der Waals surface area contributed by atoms with Gasteiger partial charge in [-0.15, -0.1) is 0 Å². The lowest BCUT2D eigenvalue weighted by molar-refractivity contribution is 0.669. The van der Waals surface area contributed by atoms with Crippen molar-refractivity contribution in [3.05, 3.63) is 10.8 Å². The average molecular weight is 203 g/mol. The molecule has 0 N–H and O–H groups in total. The molecular formula is C5H11B2NS3. The molecule has 0 radical (unpaired) electrons. The summed E-state index contributed by atoms with van der Waals surface area (Å²) in [4.78, 5) is 2.28. The first kappa shape index (κ1) is 9.96. The fourth-order valence-corrected chi connectivity index (χ4v) is 4.87. The average Bonchev–Trinajstić information content (AvgIpc) is 2.40. The van der Waals surface area contributed by atoms with Gasteiger partial charge in [0.05, 0.1) is 0 Å². The number of hydrogen-bond acceptors (Lipinski definition) is 4. The van der Waals surface area contributed by atoms with E-state index in [2.05, 4.69) is 36.0 Å². The van der Waals surface area contributed by atoms with E-state index in [9.17, 15) is 0 Å². The van der Waals surface area contributed by atoms with Crippen molar-refractivity contribution < 1.29 is 0 Å². The molecule has 0 spiro atoms. The van der Waals surface area contributed by atoms with Crippen molar-refractivity contribution in [1.29, 1.82) is 0 Å². The van der Waals surface area contributed by atoms with E-state index in [1.54, 1.807) is 0 Å². The van der Waals surface area contributed by atoms with Crippen LogP contribution in [-0.2, 0) is 0 Å². The molecule has 6 heteroatoms. The molecule has 0 amide bonds. The fourth-order valence-electron chi connectivity index (χ4n) is 0.951. The van der Waals surface area contributed by atoms with Gasteiger partial charge in [0, 0.05) is 0 Å². The topological polar surface area (TPSA) is 3.24 Å². The van der Waals surface area contributed by atoms with Crippen molar-refractivity contribution in [3.63, 3.8) is 0 Å². The van der Waals surface area contributed by atoms with Gasteiger partial charge in [0.25, 0.3) is 11.2 Å². The Balaban J connectivity index is 2.42. The van der Waals surface area contributed by atoms with Crippen molar-refractivity contribution in [2.45, 2.75) is 0 Å². The van der Waals surface area contributed by atoms with E-state index in [0.717, 1.165) is 0 Å². The van der Waals surface area contributed by atoms with Crippen LogP contribution in [0.1, 0.15) is 0 Å². The van der Waals surface area contributed by atoms with E-state index in [1.165, 1.54) is 0 Å². The van der Waals surface area contributed by atoms with Gasteiger partial charge in [-0.1, -0.05) is 0 Å². The first-order chi connectivity index (χ1) is 5.25. The summed E-state index contributed by atoms with van der Waals surface area (Å²) in [5.41, 5.74) is 0. The second-order valence-electron chi connectivity index (χ2n) is 2.50. The number of rotatable bonds is 3. The molecule has 0 aromatic heterocycles. The van der Waals surface area contributed by atoms with Gasteiger partial charge in [-0.3, -0.25) is 0 Å². The normalized spacial score (nSPS) is 16.5. The minimum absolute atomic E-state index is 0.625. The Labute approximate surface area is 82.0 Å². The lowest BCUT2D eigenvalue weighted by Crippen LogP contribution is -2.40. The zero-order valence-electron chi connectivity index (χ0n) is 6.98. The predicted molar refractivity (Wildman–Crippen MR) is 63.0 cm³/mol. The Morgan fingerprint density at radius 2 is 1.91 bits per heavy atom. The van der Waals surface area contributed by atoms with Crippen LogP contribution in [0.5, 0.6) is 0 Å². The Morgan fingerprint density at radius 3 is 2.27 bits per heavy atom. The largest absolute Gasteiger partial charge is 0.343 e. The molecule has 0 aromatic rings. The lowest BCUT2D eigenvalue weighted by Gasteiger charge is -2.20. The Kier molecular flexibility index (Phi) is 4.34. The van der Waals surface area contributed by atoms with Crippen LogP contribution in [0.25, 0.3) is 0 Å². The molecule has 1 aliphatic rings. The van der Waals surface area contributed by atoms with Gasteiger partial charge in [0.1, 0.15) is 0 Å². The number of hydrogen-bond donors (Lipinski definition) is 0. The highest BCUT2D eigenvalue weighted by molar-refractivity contribution is 8.68. The second-order valence-corrected chi connectivity index (χ2v) is 5.86. The highest BCUT2D eigenvalue weighted by Gasteiger charge is 2.33. The molecule has 1 aliphatic heterocycles. The van der Waals surface area contributed by atoms with Crippen LogP contribution >= 0.6 is 34.8 Å². The first-order valence-electron chi connectivity index (χ1n) is 3.41. The van der Waals surface area contributed by atoms with Crippen molar-refractivity contribution in [1.82, 2.24) is 4.81 Å². The maximum absolute atomic E-state index is 2.28. The molecule has 0 bridgehead atoms. The van der Waals surface area contributed by atoms with Gasteiger partial charge in [-0.05, 0) is 31.2 Å². The van der Waals surface area contributed by atoms with E-state index < -0.39 is 0 Å². The maximum Gasteiger partial charge on any atom is 0.285 e. The summed E-state index contributed by atoms with van der Waals surface area (Å²) in [7, 11) is 4.28. The summed E-state index contributed by atoms with van der Waals surface area (Å²) < 4.78 is 0. The molecule has 1 rings (SSSR count). The molecule has 1 heterocycles.